The maximum atomic E-state index is 12.5. The third-order valence-corrected chi connectivity index (χ3v) is 4.35. The summed E-state index contributed by atoms with van der Waals surface area (Å²) in [6.07, 6.45) is 0.556. The Hall–Kier alpha value is -3.68. The van der Waals surface area contributed by atoms with Crippen LogP contribution in [0.25, 0.3) is 16.9 Å². The molecule has 2 N–H and O–H groups in total. The fourth-order valence-electron chi connectivity index (χ4n) is 2.79. The lowest BCUT2D eigenvalue weighted by molar-refractivity contribution is 0.0934. The van der Waals surface area contributed by atoms with Crippen molar-refractivity contribution in [2.24, 2.45) is 5.92 Å². The first-order valence-electron chi connectivity index (χ1n) is 9.10. The van der Waals surface area contributed by atoms with Gasteiger partial charge in [-0.3, -0.25) is 4.79 Å². The van der Waals surface area contributed by atoms with Crippen LogP contribution in [0, 0.1) is 5.92 Å². The second kappa shape index (κ2) is 8.55. The van der Waals surface area contributed by atoms with Gasteiger partial charge in [0.15, 0.2) is 5.78 Å². The Morgan fingerprint density at radius 3 is 2.45 bits per heavy atom. The van der Waals surface area contributed by atoms with Crippen LogP contribution in [0.15, 0.2) is 48.7 Å². The molecule has 0 aliphatic heterocycles. The van der Waals surface area contributed by atoms with Crippen LogP contribution in [0.2, 0.25) is 0 Å². The van der Waals surface area contributed by atoms with E-state index in [-0.39, 0.29) is 18.2 Å². The van der Waals surface area contributed by atoms with Crippen molar-refractivity contribution in [1.29, 1.82) is 0 Å². The highest BCUT2D eigenvalue weighted by Gasteiger charge is 2.19. The number of ketones is 1. The smallest absolute Gasteiger partial charge is 0.404 e. The molecule has 0 bridgehead atoms. The van der Waals surface area contributed by atoms with Crippen LogP contribution in [-0.2, 0) is 6.54 Å². The van der Waals surface area contributed by atoms with E-state index in [1.54, 1.807) is 30.1 Å². The summed E-state index contributed by atoms with van der Waals surface area (Å²) in [6, 6.07) is 12.7. The molecule has 0 spiro atoms. The molecule has 1 aromatic carbocycles. The molecule has 2 heterocycles. The van der Waals surface area contributed by atoms with Gasteiger partial charge < -0.3 is 15.2 Å². The number of hydrogen-bond acceptors (Lipinski definition) is 5. The SMILES string of the molecule is COc1ccc(-n2nc(C(=O)C(C)C)cc2-c2ccc(CNC(=O)O)cc2)cn1. The number of nitrogens with zero attached hydrogens (tertiary/aromatic N) is 3. The molecule has 0 atom stereocenters. The zero-order valence-electron chi connectivity index (χ0n) is 16.4. The molecule has 0 saturated heterocycles. The minimum Gasteiger partial charge on any atom is -0.481 e. The molecule has 150 valence electrons. The molecule has 2 aromatic heterocycles. The minimum absolute atomic E-state index is 0.0475. The summed E-state index contributed by atoms with van der Waals surface area (Å²) < 4.78 is 6.78. The molecular weight excluding hydrogens is 372 g/mol. The third kappa shape index (κ3) is 4.60. The first-order chi connectivity index (χ1) is 13.9. The van der Waals surface area contributed by atoms with Crippen LogP contribution in [0.1, 0.15) is 29.9 Å². The Labute approximate surface area is 168 Å². The van der Waals surface area contributed by atoms with Crippen LogP contribution in [0.4, 0.5) is 4.79 Å². The van der Waals surface area contributed by atoms with E-state index in [0.29, 0.717) is 17.3 Å². The zero-order chi connectivity index (χ0) is 21.0. The van der Waals surface area contributed by atoms with Crippen molar-refractivity contribution in [2.75, 3.05) is 7.11 Å². The monoisotopic (exact) mass is 394 g/mol. The number of hydrogen-bond donors (Lipinski definition) is 2. The molecule has 8 heteroatoms. The quantitative estimate of drug-likeness (QED) is 0.594. The average Bonchev–Trinajstić information content (AvgIpc) is 3.17. The Kier molecular flexibility index (Phi) is 5.92. The van der Waals surface area contributed by atoms with Gasteiger partial charge in [-0.05, 0) is 17.7 Å². The predicted molar refractivity (Wildman–Crippen MR) is 107 cm³/mol. The Morgan fingerprint density at radius 2 is 1.90 bits per heavy atom. The summed E-state index contributed by atoms with van der Waals surface area (Å²) in [5.41, 5.74) is 3.48. The van der Waals surface area contributed by atoms with Crippen molar-refractivity contribution in [3.63, 3.8) is 0 Å². The number of benzene rings is 1. The van der Waals surface area contributed by atoms with E-state index in [1.165, 1.54) is 0 Å². The molecule has 0 saturated carbocycles. The van der Waals surface area contributed by atoms with Gasteiger partial charge >= 0.3 is 6.09 Å². The van der Waals surface area contributed by atoms with E-state index >= 15 is 0 Å². The number of carboxylic acid groups (broad SMARTS) is 1. The number of amides is 1. The number of carbonyl (C=O) groups excluding carboxylic acids is 1. The summed E-state index contributed by atoms with van der Waals surface area (Å²) in [7, 11) is 1.54. The van der Waals surface area contributed by atoms with E-state index in [1.807, 2.05) is 44.2 Å². The van der Waals surface area contributed by atoms with Crippen LogP contribution in [0.5, 0.6) is 5.88 Å². The maximum absolute atomic E-state index is 12.5. The number of pyridine rings is 1. The van der Waals surface area contributed by atoms with E-state index < -0.39 is 6.09 Å². The lowest BCUT2D eigenvalue weighted by atomic mass is 10.0. The summed E-state index contributed by atoms with van der Waals surface area (Å²) in [6.45, 7) is 3.88. The van der Waals surface area contributed by atoms with Gasteiger partial charge in [-0.25, -0.2) is 14.5 Å². The molecule has 0 aliphatic carbocycles. The van der Waals surface area contributed by atoms with Gasteiger partial charge in [-0.15, -0.1) is 0 Å². The Morgan fingerprint density at radius 1 is 1.17 bits per heavy atom. The van der Waals surface area contributed by atoms with Gasteiger partial charge in [0.05, 0.1) is 24.7 Å². The highest BCUT2D eigenvalue weighted by atomic mass is 16.5. The van der Waals surface area contributed by atoms with Crippen molar-refractivity contribution in [2.45, 2.75) is 20.4 Å². The predicted octanol–water partition coefficient (Wildman–Crippen LogP) is 3.55. The fourth-order valence-corrected chi connectivity index (χ4v) is 2.79. The highest BCUT2D eigenvalue weighted by Crippen LogP contribution is 2.26. The van der Waals surface area contributed by atoms with Crippen molar-refractivity contribution in [3.05, 3.63) is 59.9 Å². The summed E-state index contributed by atoms with van der Waals surface area (Å²) >= 11 is 0. The standard InChI is InChI=1S/C21H22N4O4/c1-13(2)20(26)17-10-18(15-6-4-14(5-7-15)11-23-21(27)28)25(24-17)16-8-9-19(29-3)22-12-16/h4-10,12-13,23H,11H2,1-3H3,(H,27,28). The van der Waals surface area contributed by atoms with Crippen molar-refractivity contribution < 1.29 is 19.4 Å². The molecule has 3 aromatic rings. The first-order valence-corrected chi connectivity index (χ1v) is 9.10. The summed E-state index contributed by atoms with van der Waals surface area (Å²) in [5.74, 6) is 0.259. The lowest BCUT2D eigenvalue weighted by Gasteiger charge is -2.09. The van der Waals surface area contributed by atoms with Gasteiger partial charge in [0.25, 0.3) is 0 Å². The Bertz CT molecular complexity index is 1010. The van der Waals surface area contributed by atoms with Crippen molar-refractivity contribution >= 4 is 11.9 Å². The van der Waals surface area contributed by atoms with Gasteiger partial charge in [0.2, 0.25) is 5.88 Å². The number of aromatic nitrogens is 3. The fraction of sp³-hybridized carbons (Fsp3) is 0.238. The number of ether oxygens (including phenoxy) is 1. The van der Waals surface area contributed by atoms with Crippen LogP contribution in [0.3, 0.4) is 0 Å². The second-order valence-electron chi connectivity index (χ2n) is 6.76. The third-order valence-electron chi connectivity index (χ3n) is 4.35. The van der Waals surface area contributed by atoms with E-state index in [9.17, 15) is 9.59 Å². The largest absolute Gasteiger partial charge is 0.481 e. The van der Waals surface area contributed by atoms with Gasteiger partial charge in [-0.1, -0.05) is 38.1 Å². The van der Waals surface area contributed by atoms with Crippen LogP contribution < -0.4 is 10.1 Å². The number of rotatable bonds is 7. The highest BCUT2D eigenvalue weighted by molar-refractivity contribution is 5.96. The lowest BCUT2D eigenvalue weighted by Crippen LogP contribution is -2.19. The summed E-state index contributed by atoms with van der Waals surface area (Å²) in [5, 5.41) is 15.6. The van der Waals surface area contributed by atoms with Crippen LogP contribution >= 0.6 is 0 Å². The molecule has 0 fully saturated rings. The Balaban J connectivity index is 2.01. The van der Waals surface area contributed by atoms with Gasteiger partial charge in [0.1, 0.15) is 5.69 Å². The number of Topliss-reactive ketones (excluding diaryl/α,β-unsaturated/α-hetero) is 1. The van der Waals surface area contributed by atoms with E-state index in [4.69, 9.17) is 9.84 Å². The maximum Gasteiger partial charge on any atom is 0.404 e. The first kappa shape index (κ1) is 20.1. The minimum atomic E-state index is -1.07. The number of nitrogens with one attached hydrogen (secondary N) is 1. The number of methoxy groups -OCH3 is 1. The van der Waals surface area contributed by atoms with Gasteiger partial charge in [-0.2, -0.15) is 5.10 Å². The molecule has 3 rings (SSSR count). The second-order valence-corrected chi connectivity index (χ2v) is 6.76. The molecule has 0 unspecified atom stereocenters. The van der Waals surface area contributed by atoms with Crippen LogP contribution in [-0.4, -0.2) is 38.9 Å². The van der Waals surface area contributed by atoms with Crippen molar-refractivity contribution in [1.82, 2.24) is 20.1 Å². The topological polar surface area (TPSA) is 106 Å². The van der Waals surface area contributed by atoms with Crippen molar-refractivity contribution in [3.8, 4) is 22.8 Å². The zero-order valence-corrected chi connectivity index (χ0v) is 16.4. The molecule has 29 heavy (non-hydrogen) atoms. The molecule has 8 nitrogen and oxygen atoms in total. The number of carbonyl (C=O) groups is 2. The van der Waals surface area contributed by atoms with Gasteiger partial charge in [0, 0.05) is 24.1 Å². The summed E-state index contributed by atoms with van der Waals surface area (Å²) in [4.78, 5) is 27.4. The van der Waals surface area contributed by atoms with E-state index in [2.05, 4.69) is 15.4 Å². The molecule has 0 radical (unpaired) electrons. The molecule has 0 aliphatic rings. The molecular formula is C21H22N4O4. The van der Waals surface area contributed by atoms with E-state index in [0.717, 1.165) is 16.8 Å². The average molecular weight is 394 g/mol. The normalized spacial score (nSPS) is 10.8. The molecule has 1 amide bonds.